The van der Waals surface area contributed by atoms with Gasteiger partial charge in [0.05, 0.1) is 23.7 Å². The zero-order valence-corrected chi connectivity index (χ0v) is 21.5. The number of hydrogen-bond donors (Lipinski definition) is 2. The SMILES string of the molecule is CC1(C(F)(F)F)CC=CC=C1C(N)=C(COC1CC2CN(c3ncc(C(=O)O)cc3F)C[C@@H]2C1)C(=O)C1CC1. The molecule has 3 fully saturated rings. The van der Waals surface area contributed by atoms with Crippen LogP contribution in [0.4, 0.5) is 23.4 Å². The van der Waals surface area contributed by atoms with Crippen molar-refractivity contribution in [2.24, 2.45) is 28.9 Å². The van der Waals surface area contributed by atoms with Crippen molar-refractivity contribution in [3.63, 3.8) is 0 Å². The van der Waals surface area contributed by atoms with E-state index in [0.717, 1.165) is 19.2 Å². The molecule has 11 heteroatoms. The number of nitrogens with zero attached hydrogens (tertiary/aromatic N) is 2. The first-order valence-corrected chi connectivity index (χ1v) is 13.1. The van der Waals surface area contributed by atoms with E-state index >= 15 is 0 Å². The first kappa shape index (κ1) is 27.4. The molecule has 2 heterocycles. The number of rotatable bonds is 8. The van der Waals surface area contributed by atoms with Crippen LogP contribution in [0.25, 0.3) is 0 Å². The summed E-state index contributed by atoms with van der Waals surface area (Å²) in [6.07, 6.45) is 3.12. The van der Waals surface area contributed by atoms with Gasteiger partial charge in [-0.3, -0.25) is 4.79 Å². The molecule has 0 radical (unpaired) electrons. The van der Waals surface area contributed by atoms with Gasteiger partial charge in [0.2, 0.25) is 0 Å². The molecule has 3 aliphatic carbocycles. The van der Waals surface area contributed by atoms with Crippen molar-refractivity contribution >= 4 is 17.6 Å². The van der Waals surface area contributed by atoms with E-state index in [-0.39, 0.29) is 70.9 Å². The van der Waals surface area contributed by atoms with Gasteiger partial charge < -0.3 is 20.5 Å². The van der Waals surface area contributed by atoms with Crippen LogP contribution in [-0.4, -0.2) is 53.8 Å². The number of carboxylic acid groups (broad SMARTS) is 1. The third-order valence-electron chi connectivity index (χ3n) is 8.55. The summed E-state index contributed by atoms with van der Waals surface area (Å²) in [7, 11) is 0. The van der Waals surface area contributed by atoms with E-state index in [9.17, 15) is 27.2 Å². The molecule has 1 aromatic rings. The highest BCUT2D eigenvalue weighted by molar-refractivity contribution is 6.00. The first-order chi connectivity index (χ1) is 18.4. The van der Waals surface area contributed by atoms with Gasteiger partial charge in [0, 0.05) is 36.5 Å². The van der Waals surface area contributed by atoms with Crippen molar-refractivity contribution in [3.05, 3.63) is 58.7 Å². The summed E-state index contributed by atoms with van der Waals surface area (Å²) in [5, 5.41) is 9.03. The largest absolute Gasteiger partial charge is 0.478 e. The Labute approximate surface area is 223 Å². The number of aromatic carboxylic acids is 1. The lowest BCUT2D eigenvalue weighted by Crippen LogP contribution is -2.40. The highest BCUT2D eigenvalue weighted by Gasteiger charge is 2.54. The van der Waals surface area contributed by atoms with E-state index in [1.165, 1.54) is 18.2 Å². The van der Waals surface area contributed by atoms with Gasteiger partial charge in [-0.25, -0.2) is 14.2 Å². The Hall–Kier alpha value is -3.21. The molecule has 0 aromatic carbocycles. The van der Waals surface area contributed by atoms with E-state index in [1.807, 2.05) is 0 Å². The number of hydrogen-bond acceptors (Lipinski definition) is 6. The summed E-state index contributed by atoms with van der Waals surface area (Å²) in [5.74, 6) is -1.95. The predicted octanol–water partition coefficient (Wildman–Crippen LogP) is 4.80. The van der Waals surface area contributed by atoms with Crippen LogP contribution in [0, 0.1) is 29.0 Å². The van der Waals surface area contributed by atoms with Gasteiger partial charge in [0.25, 0.3) is 0 Å². The second kappa shape index (κ2) is 10.1. The maximum Gasteiger partial charge on any atom is 0.398 e. The zero-order valence-electron chi connectivity index (χ0n) is 21.5. The fourth-order valence-corrected chi connectivity index (χ4v) is 5.99. The number of carbonyl (C=O) groups excluding carboxylic acids is 1. The van der Waals surface area contributed by atoms with Crippen molar-refractivity contribution < 1.29 is 37.0 Å². The van der Waals surface area contributed by atoms with Crippen LogP contribution in [0.1, 0.15) is 49.4 Å². The quantitative estimate of drug-likeness (QED) is 0.355. The Morgan fingerprint density at radius 2 is 1.90 bits per heavy atom. The monoisotopic (exact) mass is 549 g/mol. The van der Waals surface area contributed by atoms with Crippen molar-refractivity contribution in [2.75, 3.05) is 24.6 Å². The lowest BCUT2D eigenvalue weighted by molar-refractivity contribution is -0.202. The normalized spacial score (nSPS) is 29.2. The number of anilines is 1. The number of allylic oxidation sites excluding steroid dienone is 4. The third kappa shape index (κ3) is 5.20. The van der Waals surface area contributed by atoms with E-state index in [4.69, 9.17) is 15.6 Å². The summed E-state index contributed by atoms with van der Waals surface area (Å²) in [4.78, 5) is 30.0. The average Bonchev–Trinajstić information content (AvgIpc) is 3.55. The fraction of sp³-hybridized carbons (Fsp3) is 0.536. The molecule has 1 saturated heterocycles. The third-order valence-corrected chi connectivity index (χ3v) is 8.55. The van der Waals surface area contributed by atoms with E-state index in [2.05, 4.69) is 4.98 Å². The van der Waals surface area contributed by atoms with Crippen molar-refractivity contribution in [1.29, 1.82) is 0 Å². The standard InChI is InChI=1S/C28H31F4N3O4/c1-27(28(30,31)32)7-3-2-4-21(27)23(33)20(24(36)15-5-6-15)14-39-19-8-17-12-35(13-18(17)9-19)25-22(29)10-16(11-34-25)26(37)38/h2-4,10-11,15,17-19H,5-9,12-14,33H2,1H3,(H,37,38)/t17-,18?,19?,27?/m0/s1. The van der Waals surface area contributed by atoms with Gasteiger partial charge in [0.1, 0.15) is 0 Å². The average molecular weight is 550 g/mol. The van der Waals surface area contributed by atoms with Crippen molar-refractivity contribution in [2.45, 2.75) is 51.3 Å². The molecule has 0 amide bonds. The second-order valence-corrected chi connectivity index (χ2v) is 11.2. The molecule has 4 atom stereocenters. The minimum absolute atomic E-state index is 0.104. The Morgan fingerprint density at radius 3 is 2.46 bits per heavy atom. The lowest BCUT2D eigenvalue weighted by atomic mass is 9.73. The Morgan fingerprint density at radius 1 is 1.23 bits per heavy atom. The molecule has 2 saturated carbocycles. The molecule has 4 aliphatic rings. The van der Waals surface area contributed by atoms with E-state index in [0.29, 0.717) is 38.8 Å². The Balaban J connectivity index is 1.27. The molecule has 3 unspecified atom stereocenters. The van der Waals surface area contributed by atoms with E-state index in [1.54, 1.807) is 4.90 Å². The molecule has 7 nitrogen and oxygen atoms in total. The molecule has 1 aliphatic heterocycles. The number of aromatic nitrogens is 1. The first-order valence-electron chi connectivity index (χ1n) is 13.1. The minimum Gasteiger partial charge on any atom is -0.478 e. The summed E-state index contributed by atoms with van der Waals surface area (Å²) in [6.45, 7) is 1.99. The van der Waals surface area contributed by atoms with Gasteiger partial charge in [-0.05, 0) is 62.5 Å². The predicted molar refractivity (Wildman–Crippen MR) is 134 cm³/mol. The molecule has 210 valence electrons. The zero-order chi connectivity index (χ0) is 28.1. The highest BCUT2D eigenvalue weighted by Crippen LogP contribution is 2.50. The Kier molecular flexibility index (Phi) is 7.07. The highest BCUT2D eigenvalue weighted by atomic mass is 19.4. The van der Waals surface area contributed by atoms with Crippen molar-refractivity contribution in [3.8, 4) is 0 Å². The maximum absolute atomic E-state index is 14.5. The minimum atomic E-state index is -4.54. The van der Waals surface area contributed by atoms with Crippen LogP contribution in [0.5, 0.6) is 0 Å². The number of halogens is 4. The summed E-state index contributed by atoms with van der Waals surface area (Å²) < 4.78 is 62.7. The van der Waals surface area contributed by atoms with Crippen LogP contribution >= 0.6 is 0 Å². The van der Waals surface area contributed by atoms with Crippen LogP contribution in [0.2, 0.25) is 0 Å². The molecule has 5 rings (SSSR count). The number of carbonyl (C=O) groups is 2. The molecule has 1 aromatic heterocycles. The summed E-state index contributed by atoms with van der Waals surface area (Å²) >= 11 is 0. The molecule has 3 N–H and O–H groups in total. The van der Waals surface area contributed by atoms with Gasteiger partial charge in [0.15, 0.2) is 17.4 Å². The summed E-state index contributed by atoms with van der Waals surface area (Å²) in [6, 6.07) is 0.959. The van der Waals surface area contributed by atoms with Crippen LogP contribution < -0.4 is 10.6 Å². The molecular formula is C28H31F4N3O4. The van der Waals surface area contributed by atoms with Crippen LogP contribution in [-0.2, 0) is 9.53 Å². The molecule has 0 bridgehead atoms. The van der Waals surface area contributed by atoms with Gasteiger partial charge in [-0.1, -0.05) is 18.2 Å². The fourth-order valence-electron chi connectivity index (χ4n) is 5.99. The molecule has 0 spiro atoms. The van der Waals surface area contributed by atoms with Gasteiger partial charge in [-0.2, -0.15) is 13.2 Å². The van der Waals surface area contributed by atoms with Crippen LogP contribution in [0.15, 0.2) is 47.3 Å². The second-order valence-electron chi connectivity index (χ2n) is 11.2. The number of Topliss-reactive ketones (excluding diaryl/α,β-unsaturated/α-hetero) is 1. The van der Waals surface area contributed by atoms with Gasteiger partial charge in [-0.15, -0.1) is 0 Å². The number of ketones is 1. The van der Waals surface area contributed by atoms with Gasteiger partial charge >= 0.3 is 12.1 Å². The number of alkyl halides is 3. The summed E-state index contributed by atoms with van der Waals surface area (Å²) in [5.41, 5.74) is 3.77. The molecular weight excluding hydrogens is 518 g/mol. The maximum atomic E-state index is 14.5. The van der Waals surface area contributed by atoms with E-state index < -0.39 is 23.4 Å². The number of fused-ring (bicyclic) bond motifs is 1. The smallest absolute Gasteiger partial charge is 0.398 e. The lowest BCUT2D eigenvalue weighted by Gasteiger charge is -2.36. The van der Waals surface area contributed by atoms with Crippen LogP contribution in [0.3, 0.4) is 0 Å². The Bertz CT molecular complexity index is 1260. The van der Waals surface area contributed by atoms with Crippen molar-refractivity contribution in [1.82, 2.24) is 4.98 Å². The number of pyridine rings is 1. The molecule has 39 heavy (non-hydrogen) atoms. The topological polar surface area (TPSA) is 106 Å². The number of ether oxygens (including phenoxy) is 1. The number of carboxylic acids is 1. The number of nitrogens with two attached hydrogens (primary N) is 1.